The van der Waals surface area contributed by atoms with E-state index < -0.39 is 5.91 Å². The van der Waals surface area contributed by atoms with Crippen LogP contribution in [0.25, 0.3) is 33.0 Å². The van der Waals surface area contributed by atoms with Crippen molar-refractivity contribution < 1.29 is 9.53 Å². The van der Waals surface area contributed by atoms with Gasteiger partial charge in [0.05, 0.1) is 12.8 Å². The van der Waals surface area contributed by atoms with Gasteiger partial charge in [0, 0.05) is 47.5 Å². The van der Waals surface area contributed by atoms with Crippen molar-refractivity contribution in [2.45, 2.75) is 39.4 Å². The molecule has 0 atom stereocenters. The van der Waals surface area contributed by atoms with Gasteiger partial charge in [-0.15, -0.1) is 0 Å². The first-order valence-corrected chi connectivity index (χ1v) is 15.7. The summed E-state index contributed by atoms with van der Waals surface area (Å²) in [5.41, 5.74) is 12.7. The van der Waals surface area contributed by atoms with Gasteiger partial charge < -0.3 is 20.7 Å². The Morgan fingerprint density at radius 2 is 1.47 bits per heavy atom. The zero-order chi connectivity index (χ0) is 33.0. The number of hydrogen-bond donors (Lipinski definition) is 2. The van der Waals surface area contributed by atoms with E-state index in [2.05, 4.69) is 78.4 Å². The molecule has 0 unspecified atom stereocenters. The molecule has 0 fully saturated rings. The fourth-order valence-corrected chi connectivity index (χ4v) is 5.94. The number of anilines is 2. The highest BCUT2D eigenvalue weighted by molar-refractivity contribution is 6.15. The van der Waals surface area contributed by atoms with Gasteiger partial charge in [-0.3, -0.25) is 9.78 Å². The van der Waals surface area contributed by atoms with Gasteiger partial charge in [-0.2, -0.15) is 0 Å². The molecule has 47 heavy (non-hydrogen) atoms. The first-order valence-electron chi connectivity index (χ1n) is 15.7. The molecule has 2 aromatic heterocycles. The van der Waals surface area contributed by atoms with E-state index in [-0.39, 0.29) is 11.2 Å². The van der Waals surface area contributed by atoms with Crippen LogP contribution in [0.4, 0.5) is 11.5 Å². The minimum absolute atomic E-state index is 0.184. The Morgan fingerprint density at radius 1 is 0.809 bits per heavy atom. The zero-order valence-electron chi connectivity index (χ0n) is 27.2. The number of benzene rings is 4. The molecular formula is C40H39N5O2. The molecule has 0 aliphatic carbocycles. The normalized spacial score (nSPS) is 11.3. The summed E-state index contributed by atoms with van der Waals surface area (Å²) in [6.07, 6.45) is 3.55. The van der Waals surface area contributed by atoms with Gasteiger partial charge >= 0.3 is 0 Å². The number of carbonyl (C=O) groups excluding carboxylic acids is 1. The van der Waals surface area contributed by atoms with Crippen LogP contribution in [-0.2, 0) is 13.1 Å². The molecule has 0 spiro atoms. The highest BCUT2D eigenvalue weighted by Gasteiger charge is 2.25. The summed E-state index contributed by atoms with van der Waals surface area (Å²) in [6.45, 7) is 7.37. The lowest BCUT2D eigenvalue weighted by Gasteiger charge is -2.28. The minimum atomic E-state index is -0.605. The third kappa shape index (κ3) is 7.10. The number of nitrogens with two attached hydrogens (primary N) is 1. The van der Waals surface area contributed by atoms with Crippen LogP contribution < -0.4 is 20.7 Å². The van der Waals surface area contributed by atoms with Crippen molar-refractivity contribution in [1.29, 1.82) is 0 Å². The van der Waals surface area contributed by atoms with E-state index in [1.54, 1.807) is 19.5 Å². The number of primary amides is 1. The molecule has 0 saturated carbocycles. The molecule has 6 rings (SSSR count). The first-order chi connectivity index (χ1) is 22.7. The molecule has 4 aromatic carbocycles. The summed E-state index contributed by atoms with van der Waals surface area (Å²) < 4.78 is 5.42. The van der Waals surface area contributed by atoms with Gasteiger partial charge in [-0.25, -0.2) is 4.98 Å². The maximum atomic E-state index is 13.4. The number of ether oxygens (including phenoxy) is 1. The van der Waals surface area contributed by atoms with Gasteiger partial charge in [0.1, 0.15) is 17.3 Å². The quantitative estimate of drug-likeness (QED) is 0.159. The summed E-state index contributed by atoms with van der Waals surface area (Å²) in [4.78, 5) is 25.3. The molecule has 3 N–H and O–H groups in total. The fraction of sp³-hybridized carbons (Fsp3) is 0.175. The van der Waals surface area contributed by atoms with Crippen LogP contribution in [0, 0.1) is 0 Å². The second-order valence-corrected chi connectivity index (χ2v) is 12.6. The number of aromatic nitrogens is 2. The summed E-state index contributed by atoms with van der Waals surface area (Å²) in [5.74, 6) is 0.857. The van der Waals surface area contributed by atoms with Crippen LogP contribution in [0.3, 0.4) is 0 Å². The lowest BCUT2D eigenvalue weighted by Crippen LogP contribution is -2.26. The number of amides is 1. The van der Waals surface area contributed by atoms with Gasteiger partial charge in [-0.05, 0) is 66.6 Å². The van der Waals surface area contributed by atoms with Crippen LogP contribution in [0.5, 0.6) is 5.75 Å². The van der Waals surface area contributed by atoms with Crippen molar-refractivity contribution in [1.82, 2.24) is 9.97 Å². The van der Waals surface area contributed by atoms with Crippen LogP contribution in [0.15, 0.2) is 122 Å². The molecule has 7 heteroatoms. The topological polar surface area (TPSA) is 93.4 Å². The summed E-state index contributed by atoms with van der Waals surface area (Å²) >= 11 is 0. The van der Waals surface area contributed by atoms with Crippen LogP contribution >= 0.6 is 0 Å². The molecule has 0 saturated heterocycles. The zero-order valence-corrected chi connectivity index (χ0v) is 27.2. The summed E-state index contributed by atoms with van der Waals surface area (Å²) in [5, 5.41) is 5.30. The standard InChI is InChI=1S/C40H39N5O2/c1-40(2,3)44-31-22-30(23-42-24-31)35-34-17-11-16-33(29-14-9-6-10-15-29)36(34)39(43-37(35)38(41)46)45(25-27-12-7-5-8-13-27)26-28-18-20-32(47-4)21-19-28/h5-24,44H,25-26H2,1-4H3,(H2,41,46). The number of methoxy groups -OCH3 is 1. The number of carbonyl (C=O) groups is 1. The largest absolute Gasteiger partial charge is 0.497 e. The van der Waals surface area contributed by atoms with Crippen molar-refractivity contribution in [3.05, 3.63) is 138 Å². The Labute approximate surface area is 276 Å². The van der Waals surface area contributed by atoms with Gasteiger partial charge in [0.2, 0.25) is 0 Å². The molecule has 0 aliphatic heterocycles. The van der Waals surface area contributed by atoms with Gasteiger partial charge in [0.15, 0.2) is 0 Å². The molecule has 236 valence electrons. The second-order valence-electron chi connectivity index (χ2n) is 12.6. The highest BCUT2D eigenvalue weighted by atomic mass is 16.5. The smallest absolute Gasteiger partial charge is 0.268 e. The predicted octanol–water partition coefficient (Wildman–Crippen LogP) is 8.49. The van der Waals surface area contributed by atoms with E-state index in [4.69, 9.17) is 15.5 Å². The lowest BCUT2D eigenvalue weighted by atomic mass is 9.92. The SMILES string of the molecule is COc1ccc(CN(Cc2ccccc2)c2nc(C(N)=O)c(-c3cncc(NC(C)(C)C)c3)c3cccc(-c4ccccc4)c23)cc1. The number of nitrogens with one attached hydrogen (secondary N) is 1. The Bertz CT molecular complexity index is 2000. The predicted molar refractivity (Wildman–Crippen MR) is 192 cm³/mol. The highest BCUT2D eigenvalue weighted by Crippen LogP contribution is 2.42. The van der Waals surface area contributed by atoms with E-state index in [9.17, 15) is 4.79 Å². The lowest BCUT2D eigenvalue weighted by molar-refractivity contribution is 0.0996. The maximum Gasteiger partial charge on any atom is 0.268 e. The summed E-state index contributed by atoms with van der Waals surface area (Å²) in [6, 6.07) is 36.8. The molecule has 1 amide bonds. The number of hydrogen-bond acceptors (Lipinski definition) is 6. The van der Waals surface area contributed by atoms with Crippen molar-refractivity contribution >= 4 is 28.2 Å². The van der Waals surface area contributed by atoms with E-state index in [1.165, 1.54) is 0 Å². The van der Waals surface area contributed by atoms with E-state index in [0.717, 1.165) is 50.0 Å². The molecule has 2 heterocycles. The third-order valence-electron chi connectivity index (χ3n) is 7.92. The number of rotatable bonds is 10. The average molecular weight is 622 g/mol. The molecule has 7 nitrogen and oxygen atoms in total. The van der Waals surface area contributed by atoms with E-state index in [1.807, 2.05) is 66.7 Å². The number of nitrogens with zero attached hydrogens (tertiary/aromatic N) is 3. The van der Waals surface area contributed by atoms with Gasteiger partial charge in [0.25, 0.3) is 5.91 Å². The Hall–Kier alpha value is -5.69. The van der Waals surface area contributed by atoms with Crippen molar-refractivity contribution in [3.63, 3.8) is 0 Å². The van der Waals surface area contributed by atoms with Crippen molar-refractivity contribution in [2.75, 3.05) is 17.3 Å². The number of fused-ring (bicyclic) bond motifs is 1. The van der Waals surface area contributed by atoms with E-state index >= 15 is 0 Å². The Morgan fingerprint density at radius 3 is 2.11 bits per heavy atom. The monoisotopic (exact) mass is 621 g/mol. The van der Waals surface area contributed by atoms with Crippen LogP contribution in [-0.4, -0.2) is 28.5 Å². The van der Waals surface area contributed by atoms with Gasteiger partial charge in [-0.1, -0.05) is 91.0 Å². The average Bonchev–Trinajstić information content (AvgIpc) is 3.07. The number of pyridine rings is 2. The minimum Gasteiger partial charge on any atom is -0.497 e. The maximum absolute atomic E-state index is 13.4. The first kappa shape index (κ1) is 31.3. The Kier molecular flexibility index (Phi) is 8.89. The molecule has 0 aliphatic rings. The second kappa shape index (κ2) is 13.3. The molecule has 0 radical (unpaired) electrons. The molecule has 0 bridgehead atoms. The third-order valence-corrected chi connectivity index (χ3v) is 7.92. The fourth-order valence-electron chi connectivity index (χ4n) is 5.94. The summed E-state index contributed by atoms with van der Waals surface area (Å²) in [7, 11) is 1.66. The Balaban J connectivity index is 1.65. The van der Waals surface area contributed by atoms with Crippen molar-refractivity contribution in [2.24, 2.45) is 5.73 Å². The van der Waals surface area contributed by atoms with E-state index in [0.29, 0.717) is 24.5 Å². The van der Waals surface area contributed by atoms with Crippen LogP contribution in [0.1, 0.15) is 42.4 Å². The van der Waals surface area contributed by atoms with Crippen LogP contribution in [0.2, 0.25) is 0 Å². The van der Waals surface area contributed by atoms with Crippen molar-refractivity contribution in [3.8, 4) is 28.0 Å². The molecule has 6 aromatic rings. The molecular weight excluding hydrogens is 582 g/mol.